The first-order valence-corrected chi connectivity index (χ1v) is 9.74. The van der Waals surface area contributed by atoms with E-state index in [1.807, 2.05) is 0 Å². The first-order valence-electron chi connectivity index (χ1n) is 7.89. The smallest absolute Gasteiger partial charge is 0.254 e. The minimum Gasteiger partial charge on any atom is -0.488 e. The van der Waals surface area contributed by atoms with Crippen LogP contribution in [0, 0.1) is 5.82 Å². The molecule has 1 amide bonds. The highest BCUT2D eigenvalue weighted by molar-refractivity contribution is 7.88. The van der Waals surface area contributed by atoms with Crippen molar-refractivity contribution in [2.75, 3.05) is 32.4 Å². The Kier molecular flexibility index (Phi) is 5.82. The molecule has 1 aromatic rings. The Labute approximate surface area is 142 Å². The first kappa shape index (κ1) is 18.7. The molecule has 0 radical (unpaired) electrons. The number of nitrogens with zero attached hydrogens (tertiary/aromatic N) is 2. The number of rotatable bonds is 4. The Morgan fingerprint density at radius 3 is 2.50 bits per heavy atom. The predicted molar refractivity (Wildman–Crippen MR) is 89.1 cm³/mol. The lowest BCUT2D eigenvalue weighted by Crippen LogP contribution is -2.37. The minimum absolute atomic E-state index is 0.112. The van der Waals surface area contributed by atoms with E-state index in [2.05, 4.69) is 0 Å². The van der Waals surface area contributed by atoms with Crippen molar-refractivity contribution in [3.05, 3.63) is 29.6 Å². The summed E-state index contributed by atoms with van der Waals surface area (Å²) in [5.41, 5.74) is 0.233. The van der Waals surface area contributed by atoms with Gasteiger partial charge in [0.15, 0.2) is 11.6 Å². The first-order chi connectivity index (χ1) is 11.2. The average molecular weight is 358 g/mol. The molecule has 134 valence electrons. The van der Waals surface area contributed by atoms with Crippen molar-refractivity contribution < 1.29 is 22.3 Å². The molecule has 1 aromatic carbocycles. The van der Waals surface area contributed by atoms with Crippen molar-refractivity contribution in [2.24, 2.45) is 0 Å². The molecule has 24 heavy (non-hydrogen) atoms. The van der Waals surface area contributed by atoms with E-state index in [1.54, 1.807) is 18.7 Å². The molecule has 0 atom stereocenters. The molecule has 0 spiro atoms. The van der Waals surface area contributed by atoms with Crippen LogP contribution in [0.5, 0.6) is 5.75 Å². The molecule has 8 heteroatoms. The van der Waals surface area contributed by atoms with Gasteiger partial charge < -0.3 is 9.64 Å². The van der Waals surface area contributed by atoms with Gasteiger partial charge in [-0.25, -0.2) is 17.1 Å². The molecule has 2 rings (SSSR count). The summed E-state index contributed by atoms with van der Waals surface area (Å²) in [4.78, 5) is 14.1. The fraction of sp³-hybridized carbons (Fsp3) is 0.562. The number of carbonyl (C=O) groups excluding carboxylic acids is 1. The zero-order valence-corrected chi connectivity index (χ0v) is 15.0. The number of hydrogen-bond donors (Lipinski definition) is 0. The molecule has 0 unspecified atom stereocenters. The van der Waals surface area contributed by atoms with Gasteiger partial charge in [-0.3, -0.25) is 4.79 Å². The van der Waals surface area contributed by atoms with Gasteiger partial charge in [0.2, 0.25) is 10.0 Å². The Morgan fingerprint density at radius 2 is 1.92 bits per heavy atom. The maximum absolute atomic E-state index is 14.1. The van der Waals surface area contributed by atoms with Crippen molar-refractivity contribution in [1.29, 1.82) is 0 Å². The van der Waals surface area contributed by atoms with Crippen LogP contribution in [0.1, 0.15) is 30.6 Å². The molecule has 0 aliphatic carbocycles. The molecule has 0 saturated carbocycles. The van der Waals surface area contributed by atoms with E-state index in [1.165, 1.54) is 22.5 Å². The number of carbonyl (C=O) groups is 1. The molecule has 1 fully saturated rings. The summed E-state index contributed by atoms with van der Waals surface area (Å²) >= 11 is 0. The lowest BCUT2D eigenvalue weighted by Gasteiger charge is -2.21. The number of halogens is 1. The number of benzene rings is 1. The van der Waals surface area contributed by atoms with Gasteiger partial charge in [-0.2, -0.15) is 0 Å². The molecule has 1 aliphatic heterocycles. The van der Waals surface area contributed by atoms with Crippen LogP contribution in [0.2, 0.25) is 0 Å². The lowest BCUT2D eigenvalue weighted by molar-refractivity contribution is 0.0763. The van der Waals surface area contributed by atoms with Crippen molar-refractivity contribution in [1.82, 2.24) is 9.21 Å². The molecule has 0 aromatic heterocycles. The van der Waals surface area contributed by atoms with Gasteiger partial charge >= 0.3 is 0 Å². The van der Waals surface area contributed by atoms with E-state index in [-0.39, 0.29) is 36.4 Å². The summed E-state index contributed by atoms with van der Waals surface area (Å²) in [6.07, 6.45) is 1.55. The van der Waals surface area contributed by atoms with Gasteiger partial charge in [0.25, 0.3) is 5.91 Å². The van der Waals surface area contributed by atoms with Crippen LogP contribution in [-0.2, 0) is 10.0 Å². The minimum atomic E-state index is -3.27. The highest BCUT2D eigenvalue weighted by atomic mass is 32.2. The van der Waals surface area contributed by atoms with Crippen LogP contribution >= 0.6 is 0 Å². The molecular formula is C16H23FN2O4S. The summed E-state index contributed by atoms with van der Waals surface area (Å²) in [6.45, 7) is 4.96. The standard InChI is InChI=1S/C16H23FN2O4S/c1-12(2)23-15-6-5-13(11-14(15)17)16(20)18-7-4-8-19(10-9-18)24(3,21)22/h5-6,11-12H,4,7-10H2,1-3H3. The Hall–Kier alpha value is -1.67. The highest BCUT2D eigenvalue weighted by Crippen LogP contribution is 2.21. The Bertz CT molecular complexity index is 706. The second kappa shape index (κ2) is 7.48. The summed E-state index contributed by atoms with van der Waals surface area (Å²) in [5.74, 6) is -0.775. The topological polar surface area (TPSA) is 66.9 Å². The monoisotopic (exact) mass is 358 g/mol. The van der Waals surface area contributed by atoms with Crippen LogP contribution in [0.3, 0.4) is 0 Å². The number of hydrogen-bond acceptors (Lipinski definition) is 4. The quantitative estimate of drug-likeness (QED) is 0.822. The van der Waals surface area contributed by atoms with Crippen molar-refractivity contribution >= 4 is 15.9 Å². The highest BCUT2D eigenvalue weighted by Gasteiger charge is 2.25. The van der Waals surface area contributed by atoms with Crippen molar-refractivity contribution in [3.63, 3.8) is 0 Å². The fourth-order valence-electron chi connectivity index (χ4n) is 2.59. The number of ether oxygens (including phenoxy) is 1. The summed E-state index contributed by atoms with van der Waals surface area (Å²) in [7, 11) is -3.27. The molecular weight excluding hydrogens is 335 g/mol. The second-order valence-electron chi connectivity index (χ2n) is 6.12. The normalized spacial score (nSPS) is 17.0. The van der Waals surface area contributed by atoms with Crippen LogP contribution in [-0.4, -0.2) is 62.1 Å². The second-order valence-corrected chi connectivity index (χ2v) is 8.10. The largest absolute Gasteiger partial charge is 0.488 e. The van der Waals surface area contributed by atoms with Crippen LogP contribution in [0.25, 0.3) is 0 Å². The molecule has 1 saturated heterocycles. The summed E-state index contributed by atoms with van der Waals surface area (Å²) in [6, 6.07) is 4.14. The third kappa shape index (κ3) is 4.67. The van der Waals surface area contributed by atoms with Gasteiger partial charge in [-0.15, -0.1) is 0 Å². The van der Waals surface area contributed by atoms with Gasteiger partial charge in [0.05, 0.1) is 12.4 Å². The van der Waals surface area contributed by atoms with Gasteiger partial charge in [0.1, 0.15) is 0 Å². The van der Waals surface area contributed by atoms with Gasteiger partial charge in [-0.1, -0.05) is 0 Å². The third-order valence-electron chi connectivity index (χ3n) is 3.75. The van der Waals surface area contributed by atoms with E-state index in [4.69, 9.17) is 4.74 Å². The van der Waals surface area contributed by atoms with Gasteiger partial charge in [-0.05, 0) is 38.5 Å². The predicted octanol–water partition coefficient (Wildman–Crippen LogP) is 1.72. The van der Waals surface area contributed by atoms with Crippen LogP contribution in [0.15, 0.2) is 18.2 Å². The molecule has 1 heterocycles. The fourth-order valence-corrected chi connectivity index (χ4v) is 3.47. The van der Waals surface area contributed by atoms with E-state index >= 15 is 0 Å². The Balaban J connectivity index is 2.10. The van der Waals surface area contributed by atoms with E-state index < -0.39 is 15.8 Å². The number of sulfonamides is 1. The molecule has 1 aliphatic rings. The van der Waals surface area contributed by atoms with Crippen molar-refractivity contribution in [3.8, 4) is 5.75 Å². The summed E-state index contributed by atoms with van der Waals surface area (Å²) < 4.78 is 44.0. The average Bonchev–Trinajstić information content (AvgIpc) is 2.74. The van der Waals surface area contributed by atoms with Gasteiger partial charge in [0, 0.05) is 31.7 Å². The van der Waals surface area contributed by atoms with E-state index in [0.717, 1.165) is 6.26 Å². The van der Waals surface area contributed by atoms with Crippen LogP contribution in [0.4, 0.5) is 4.39 Å². The molecule has 0 N–H and O–H groups in total. The van der Waals surface area contributed by atoms with Crippen LogP contribution < -0.4 is 4.74 Å². The zero-order valence-electron chi connectivity index (χ0n) is 14.2. The SMILES string of the molecule is CC(C)Oc1ccc(C(=O)N2CCCN(S(C)(=O)=O)CC2)cc1F. The van der Waals surface area contributed by atoms with Crippen molar-refractivity contribution in [2.45, 2.75) is 26.4 Å². The Morgan fingerprint density at radius 1 is 1.21 bits per heavy atom. The lowest BCUT2D eigenvalue weighted by atomic mass is 10.1. The number of amides is 1. The zero-order chi connectivity index (χ0) is 17.9. The molecule has 6 nitrogen and oxygen atoms in total. The maximum atomic E-state index is 14.1. The van der Waals surface area contributed by atoms with E-state index in [9.17, 15) is 17.6 Å². The van der Waals surface area contributed by atoms with E-state index in [0.29, 0.717) is 19.5 Å². The maximum Gasteiger partial charge on any atom is 0.254 e. The third-order valence-corrected chi connectivity index (χ3v) is 5.06. The summed E-state index contributed by atoms with van der Waals surface area (Å²) in [5, 5.41) is 0. The molecule has 0 bridgehead atoms.